The number of nitrogens with zero attached hydrogens (tertiary/aromatic N) is 1. The minimum absolute atomic E-state index is 0.102. The lowest BCUT2D eigenvalue weighted by Crippen LogP contribution is -2.34. The number of nitrogens with one attached hydrogen (secondary N) is 2. The van der Waals surface area contributed by atoms with Gasteiger partial charge in [0.15, 0.2) is 0 Å². The summed E-state index contributed by atoms with van der Waals surface area (Å²) in [6, 6.07) is 12.4. The van der Waals surface area contributed by atoms with E-state index in [2.05, 4.69) is 15.4 Å². The van der Waals surface area contributed by atoms with Gasteiger partial charge in [0.05, 0.1) is 0 Å². The molecule has 0 aliphatic carbocycles. The van der Waals surface area contributed by atoms with Crippen LogP contribution in [-0.2, 0) is 17.9 Å². The van der Waals surface area contributed by atoms with E-state index in [9.17, 15) is 22.8 Å². The summed E-state index contributed by atoms with van der Waals surface area (Å²) in [6.45, 7) is 0.827. The molecule has 3 rings (SSSR count). The highest BCUT2D eigenvalue weighted by atomic mass is 19.4. The summed E-state index contributed by atoms with van der Waals surface area (Å²) in [5.41, 5.74) is 1.86. The minimum Gasteiger partial charge on any atom is -0.405 e. The van der Waals surface area contributed by atoms with Gasteiger partial charge in [-0.05, 0) is 30.2 Å². The third kappa shape index (κ3) is 5.87. The van der Waals surface area contributed by atoms with Crippen LogP contribution in [0.2, 0.25) is 0 Å². The summed E-state index contributed by atoms with van der Waals surface area (Å²) < 4.78 is 41.3. The van der Waals surface area contributed by atoms with Gasteiger partial charge < -0.3 is 20.3 Å². The number of hydrogen-bond donors (Lipinski definition) is 2. The second kappa shape index (κ2) is 8.85. The van der Waals surface area contributed by atoms with E-state index in [1.54, 1.807) is 11.0 Å². The van der Waals surface area contributed by atoms with Crippen LogP contribution >= 0.6 is 0 Å². The molecule has 0 aromatic heterocycles. The Morgan fingerprint density at radius 3 is 2.38 bits per heavy atom. The maximum atomic E-state index is 12.4. The fraction of sp³-hybridized carbons (Fsp3) is 0.300. The standard InChI is InChI=1S/C20H20F3N3O3/c21-20(22,23)29-17-5-2-1-4-15(17)13-25-19(28)24-12-14-7-9-16(10-8-14)26-11-3-6-18(26)27/h1-2,4-5,7-10H,3,6,11-13H2,(H2,24,25,28). The average molecular weight is 407 g/mol. The van der Waals surface area contributed by atoms with Crippen LogP contribution in [-0.4, -0.2) is 24.8 Å². The molecule has 2 N–H and O–H groups in total. The van der Waals surface area contributed by atoms with Crippen LogP contribution in [0.3, 0.4) is 0 Å². The zero-order chi connectivity index (χ0) is 20.9. The molecule has 1 aliphatic heterocycles. The monoisotopic (exact) mass is 407 g/mol. The predicted molar refractivity (Wildman–Crippen MR) is 100 cm³/mol. The van der Waals surface area contributed by atoms with E-state index >= 15 is 0 Å². The highest BCUT2D eigenvalue weighted by molar-refractivity contribution is 5.95. The minimum atomic E-state index is -4.80. The van der Waals surface area contributed by atoms with E-state index in [1.165, 1.54) is 18.2 Å². The van der Waals surface area contributed by atoms with Gasteiger partial charge in [-0.2, -0.15) is 0 Å². The Bertz CT molecular complexity index is 869. The molecule has 0 bridgehead atoms. The van der Waals surface area contributed by atoms with Crippen molar-refractivity contribution in [1.29, 1.82) is 0 Å². The van der Waals surface area contributed by atoms with Gasteiger partial charge in [-0.15, -0.1) is 13.2 Å². The largest absolute Gasteiger partial charge is 0.573 e. The zero-order valence-corrected chi connectivity index (χ0v) is 15.5. The van der Waals surface area contributed by atoms with Crippen molar-refractivity contribution in [3.63, 3.8) is 0 Å². The van der Waals surface area contributed by atoms with Crippen LogP contribution in [0.5, 0.6) is 5.75 Å². The highest BCUT2D eigenvalue weighted by Gasteiger charge is 2.32. The Kier molecular flexibility index (Phi) is 6.26. The molecule has 6 nitrogen and oxygen atoms in total. The third-order valence-electron chi connectivity index (χ3n) is 4.41. The van der Waals surface area contributed by atoms with Gasteiger partial charge in [-0.1, -0.05) is 30.3 Å². The molecule has 1 heterocycles. The predicted octanol–water partition coefficient (Wildman–Crippen LogP) is 3.71. The van der Waals surface area contributed by atoms with Crippen molar-refractivity contribution >= 4 is 17.6 Å². The number of benzene rings is 2. The van der Waals surface area contributed by atoms with Gasteiger partial charge in [-0.3, -0.25) is 4.79 Å². The van der Waals surface area contributed by atoms with Crippen LogP contribution < -0.4 is 20.3 Å². The van der Waals surface area contributed by atoms with Crippen LogP contribution in [0.1, 0.15) is 24.0 Å². The summed E-state index contributed by atoms with van der Waals surface area (Å²) in [6.07, 6.45) is -3.40. The van der Waals surface area contributed by atoms with E-state index in [0.717, 1.165) is 17.7 Å². The third-order valence-corrected chi connectivity index (χ3v) is 4.41. The average Bonchev–Trinajstić information content (AvgIpc) is 3.11. The van der Waals surface area contributed by atoms with Crippen molar-refractivity contribution in [3.05, 3.63) is 59.7 Å². The molecule has 0 radical (unpaired) electrons. The summed E-state index contributed by atoms with van der Waals surface area (Å²) in [5, 5.41) is 5.15. The van der Waals surface area contributed by atoms with Crippen LogP contribution in [0.15, 0.2) is 48.5 Å². The van der Waals surface area contributed by atoms with E-state index < -0.39 is 12.4 Å². The lowest BCUT2D eigenvalue weighted by Gasteiger charge is -2.16. The summed E-state index contributed by atoms with van der Waals surface area (Å²) in [7, 11) is 0. The lowest BCUT2D eigenvalue weighted by atomic mass is 10.2. The highest BCUT2D eigenvalue weighted by Crippen LogP contribution is 2.26. The quantitative estimate of drug-likeness (QED) is 0.767. The Hall–Kier alpha value is -3.23. The van der Waals surface area contributed by atoms with E-state index in [1.807, 2.05) is 24.3 Å². The maximum absolute atomic E-state index is 12.4. The first-order chi connectivity index (χ1) is 13.8. The molecule has 0 saturated carbocycles. The molecule has 1 aliphatic rings. The van der Waals surface area contributed by atoms with Crippen molar-refractivity contribution in [1.82, 2.24) is 10.6 Å². The zero-order valence-electron chi connectivity index (χ0n) is 15.5. The molecule has 29 heavy (non-hydrogen) atoms. The Morgan fingerprint density at radius 2 is 1.72 bits per heavy atom. The number of halogens is 3. The number of hydrogen-bond acceptors (Lipinski definition) is 3. The van der Waals surface area contributed by atoms with E-state index in [4.69, 9.17) is 0 Å². The SMILES string of the molecule is O=C(NCc1ccc(N2CCCC2=O)cc1)NCc1ccccc1OC(F)(F)F. The number of urea groups is 1. The fourth-order valence-corrected chi connectivity index (χ4v) is 3.01. The summed E-state index contributed by atoms with van der Waals surface area (Å²) in [4.78, 5) is 25.4. The maximum Gasteiger partial charge on any atom is 0.573 e. The molecule has 2 aromatic carbocycles. The number of para-hydroxylation sites is 1. The van der Waals surface area contributed by atoms with E-state index in [0.29, 0.717) is 13.0 Å². The van der Waals surface area contributed by atoms with Gasteiger partial charge in [0.25, 0.3) is 0 Å². The number of carbonyl (C=O) groups excluding carboxylic acids is 2. The van der Waals surface area contributed by atoms with E-state index in [-0.39, 0.29) is 30.3 Å². The van der Waals surface area contributed by atoms with Crippen molar-refractivity contribution in [3.8, 4) is 5.75 Å². The molecular formula is C20H20F3N3O3. The van der Waals surface area contributed by atoms with Crippen molar-refractivity contribution in [2.45, 2.75) is 32.3 Å². The first kappa shape index (κ1) is 20.5. The molecule has 9 heteroatoms. The fourth-order valence-electron chi connectivity index (χ4n) is 3.01. The topological polar surface area (TPSA) is 70.7 Å². The van der Waals surface area contributed by atoms with Crippen molar-refractivity contribution in [2.75, 3.05) is 11.4 Å². The van der Waals surface area contributed by atoms with Gasteiger partial charge >= 0.3 is 12.4 Å². The van der Waals surface area contributed by atoms with Crippen LogP contribution in [0.25, 0.3) is 0 Å². The molecule has 154 valence electrons. The Labute approximate surface area is 165 Å². The summed E-state index contributed by atoms with van der Waals surface area (Å²) >= 11 is 0. The molecule has 3 amide bonds. The number of alkyl halides is 3. The number of carbonyl (C=O) groups is 2. The van der Waals surface area contributed by atoms with Crippen molar-refractivity contribution < 1.29 is 27.5 Å². The molecule has 0 unspecified atom stereocenters. The normalized spacial score (nSPS) is 14.0. The summed E-state index contributed by atoms with van der Waals surface area (Å²) in [5.74, 6) is -0.252. The van der Waals surface area contributed by atoms with Crippen LogP contribution in [0, 0.1) is 0 Å². The molecule has 0 spiro atoms. The molecule has 1 saturated heterocycles. The second-order valence-corrected chi connectivity index (χ2v) is 6.51. The van der Waals surface area contributed by atoms with Gasteiger partial charge in [0.1, 0.15) is 5.75 Å². The van der Waals surface area contributed by atoms with Gasteiger partial charge in [0, 0.05) is 37.3 Å². The Morgan fingerprint density at radius 1 is 1.03 bits per heavy atom. The lowest BCUT2D eigenvalue weighted by molar-refractivity contribution is -0.274. The molecule has 0 atom stereocenters. The number of rotatable bonds is 6. The number of amides is 3. The number of ether oxygens (including phenoxy) is 1. The van der Waals surface area contributed by atoms with Gasteiger partial charge in [0.2, 0.25) is 5.91 Å². The number of anilines is 1. The second-order valence-electron chi connectivity index (χ2n) is 6.51. The first-order valence-corrected chi connectivity index (χ1v) is 9.06. The van der Waals surface area contributed by atoms with Crippen molar-refractivity contribution in [2.24, 2.45) is 0 Å². The molecular weight excluding hydrogens is 387 g/mol. The Balaban J connectivity index is 1.49. The van der Waals surface area contributed by atoms with Crippen LogP contribution in [0.4, 0.5) is 23.7 Å². The van der Waals surface area contributed by atoms with Gasteiger partial charge in [-0.25, -0.2) is 4.79 Å². The first-order valence-electron chi connectivity index (χ1n) is 9.06. The smallest absolute Gasteiger partial charge is 0.405 e. The molecule has 1 fully saturated rings. The molecule has 2 aromatic rings.